The highest BCUT2D eigenvalue weighted by molar-refractivity contribution is 5.75. The topological polar surface area (TPSA) is 72.5 Å². The van der Waals surface area contributed by atoms with Crippen LogP contribution in [0.3, 0.4) is 0 Å². The Balaban J connectivity index is 2.28. The highest BCUT2D eigenvalue weighted by atomic mass is 16.5. The number of fused-ring (bicyclic) bond motifs is 1. The first-order valence-electron chi connectivity index (χ1n) is 5.76. The lowest BCUT2D eigenvalue weighted by atomic mass is 9.80. The smallest absolute Gasteiger partial charge is 0.313 e. The summed E-state index contributed by atoms with van der Waals surface area (Å²) >= 11 is 0. The first-order chi connectivity index (χ1) is 7.97. The SMILES string of the molecule is CCC(C)(C(=O)O)C1Cc2cc(N)ccc2O1. The molecule has 1 aromatic carbocycles. The van der Waals surface area contributed by atoms with Crippen LogP contribution in [-0.2, 0) is 11.2 Å². The number of carboxylic acids is 1. The third-order valence-electron chi connectivity index (χ3n) is 3.69. The lowest BCUT2D eigenvalue weighted by molar-refractivity contribution is -0.153. The van der Waals surface area contributed by atoms with E-state index in [4.69, 9.17) is 10.5 Å². The minimum atomic E-state index is -0.853. The van der Waals surface area contributed by atoms with Crippen molar-refractivity contribution < 1.29 is 14.6 Å². The maximum absolute atomic E-state index is 11.4. The van der Waals surface area contributed by atoms with E-state index in [1.165, 1.54) is 0 Å². The van der Waals surface area contributed by atoms with Gasteiger partial charge in [0.05, 0.1) is 0 Å². The Morgan fingerprint density at radius 1 is 1.65 bits per heavy atom. The standard InChI is InChI=1S/C13H17NO3/c1-3-13(2,12(15)16)11-7-8-6-9(14)4-5-10(8)17-11/h4-6,11H,3,7,14H2,1-2H3,(H,15,16). The van der Waals surface area contributed by atoms with Crippen LogP contribution in [0.2, 0.25) is 0 Å². The number of ether oxygens (including phenoxy) is 1. The molecule has 0 saturated carbocycles. The van der Waals surface area contributed by atoms with Crippen LogP contribution in [0.15, 0.2) is 18.2 Å². The van der Waals surface area contributed by atoms with Crippen molar-refractivity contribution in [2.45, 2.75) is 32.8 Å². The fourth-order valence-corrected chi connectivity index (χ4v) is 2.14. The van der Waals surface area contributed by atoms with E-state index in [1.54, 1.807) is 13.0 Å². The molecule has 1 aliphatic heterocycles. The second kappa shape index (κ2) is 3.95. The van der Waals surface area contributed by atoms with Gasteiger partial charge in [0.2, 0.25) is 0 Å². The van der Waals surface area contributed by atoms with Gasteiger partial charge in [-0.05, 0) is 37.1 Å². The summed E-state index contributed by atoms with van der Waals surface area (Å²) < 4.78 is 5.74. The molecule has 2 atom stereocenters. The quantitative estimate of drug-likeness (QED) is 0.787. The molecular weight excluding hydrogens is 218 g/mol. The van der Waals surface area contributed by atoms with Crippen molar-refractivity contribution in [3.63, 3.8) is 0 Å². The molecule has 1 heterocycles. The van der Waals surface area contributed by atoms with Crippen LogP contribution in [0.25, 0.3) is 0 Å². The van der Waals surface area contributed by atoms with E-state index in [1.807, 2.05) is 19.1 Å². The minimum absolute atomic E-state index is 0.318. The molecular formula is C13H17NO3. The van der Waals surface area contributed by atoms with Crippen LogP contribution in [-0.4, -0.2) is 17.2 Å². The molecule has 0 aliphatic carbocycles. The van der Waals surface area contributed by atoms with Crippen LogP contribution in [0.1, 0.15) is 25.8 Å². The Hall–Kier alpha value is -1.71. The summed E-state index contributed by atoms with van der Waals surface area (Å²) in [4.78, 5) is 11.4. The summed E-state index contributed by atoms with van der Waals surface area (Å²) in [5, 5.41) is 9.32. The van der Waals surface area contributed by atoms with Crippen molar-refractivity contribution in [2.75, 3.05) is 5.73 Å². The molecule has 4 heteroatoms. The molecule has 1 aliphatic rings. The van der Waals surface area contributed by atoms with Crippen molar-refractivity contribution in [3.05, 3.63) is 23.8 Å². The molecule has 0 radical (unpaired) electrons. The number of aliphatic carboxylic acids is 1. The van der Waals surface area contributed by atoms with Gasteiger partial charge in [-0.25, -0.2) is 0 Å². The number of hydrogen-bond donors (Lipinski definition) is 2. The van der Waals surface area contributed by atoms with Crippen molar-refractivity contribution in [3.8, 4) is 5.75 Å². The molecule has 0 bridgehead atoms. The van der Waals surface area contributed by atoms with Gasteiger partial charge in [-0.2, -0.15) is 0 Å². The summed E-state index contributed by atoms with van der Waals surface area (Å²) in [5.74, 6) is -0.0593. The number of nitrogen functional groups attached to an aromatic ring is 1. The van der Waals surface area contributed by atoms with Crippen molar-refractivity contribution in [1.82, 2.24) is 0 Å². The second-order valence-electron chi connectivity index (χ2n) is 4.75. The summed E-state index contributed by atoms with van der Waals surface area (Å²) in [6.07, 6.45) is 0.829. The first-order valence-corrected chi connectivity index (χ1v) is 5.76. The van der Waals surface area contributed by atoms with E-state index in [-0.39, 0.29) is 6.10 Å². The first kappa shape index (κ1) is 11.8. The Morgan fingerprint density at radius 2 is 2.35 bits per heavy atom. The van der Waals surface area contributed by atoms with Gasteiger partial charge in [-0.3, -0.25) is 4.79 Å². The van der Waals surface area contributed by atoms with E-state index in [0.717, 1.165) is 11.3 Å². The highest BCUT2D eigenvalue weighted by Gasteiger charge is 2.44. The van der Waals surface area contributed by atoms with Gasteiger partial charge < -0.3 is 15.6 Å². The molecule has 2 rings (SSSR count). The van der Waals surface area contributed by atoms with E-state index in [0.29, 0.717) is 18.5 Å². The molecule has 92 valence electrons. The third-order valence-corrected chi connectivity index (χ3v) is 3.69. The molecule has 0 saturated heterocycles. The van der Waals surface area contributed by atoms with Crippen molar-refractivity contribution >= 4 is 11.7 Å². The number of nitrogens with two attached hydrogens (primary N) is 1. The fourth-order valence-electron chi connectivity index (χ4n) is 2.14. The van der Waals surface area contributed by atoms with E-state index < -0.39 is 11.4 Å². The fraction of sp³-hybridized carbons (Fsp3) is 0.462. The Kier molecular flexibility index (Phi) is 2.73. The lowest BCUT2D eigenvalue weighted by Gasteiger charge is -2.29. The van der Waals surface area contributed by atoms with Gasteiger partial charge in [0, 0.05) is 12.1 Å². The number of anilines is 1. The number of carbonyl (C=O) groups is 1. The summed E-state index contributed by atoms with van der Waals surface area (Å²) in [6.45, 7) is 3.60. The maximum Gasteiger partial charge on any atom is 0.313 e. The average Bonchev–Trinajstić information content (AvgIpc) is 2.70. The molecule has 17 heavy (non-hydrogen) atoms. The average molecular weight is 235 g/mol. The molecule has 1 aromatic rings. The number of rotatable bonds is 3. The zero-order valence-corrected chi connectivity index (χ0v) is 10.1. The molecule has 0 spiro atoms. The molecule has 0 aromatic heterocycles. The summed E-state index contributed by atoms with van der Waals surface area (Å²) in [7, 11) is 0. The number of carboxylic acid groups (broad SMARTS) is 1. The molecule has 0 amide bonds. The van der Waals surface area contributed by atoms with Gasteiger partial charge in [-0.15, -0.1) is 0 Å². The van der Waals surface area contributed by atoms with Crippen LogP contribution >= 0.6 is 0 Å². The Labute approximate surface area is 100 Å². The zero-order chi connectivity index (χ0) is 12.6. The van der Waals surface area contributed by atoms with Crippen LogP contribution in [0.4, 0.5) is 5.69 Å². The van der Waals surface area contributed by atoms with Gasteiger partial charge in [-0.1, -0.05) is 6.92 Å². The monoisotopic (exact) mass is 235 g/mol. The zero-order valence-electron chi connectivity index (χ0n) is 10.1. The second-order valence-corrected chi connectivity index (χ2v) is 4.75. The van der Waals surface area contributed by atoms with Crippen molar-refractivity contribution in [2.24, 2.45) is 5.41 Å². The van der Waals surface area contributed by atoms with Crippen molar-refractivity contribution in [1.29, 1.82) is 0 Å². The van der Waals surface area contributed by atoms with E-state index >= 15 is 0 Å². The maximum atomic E-state index is 11.4. The van der Waals surface area contributed by atoms with E-state index in [9.17, 15) is 9.90 Å². The molecule has 4 nitrogen and oxygen atoms in total. The molecule has 0 fully saturated rings. The third kappa shape index (κ3) is 1.84. The van der Waals surface area contributed by atoms with Crippen LogP contribution in [0, 0.1) is 5.41 Å². The van der Waals surface area contributed by atoms with Gasteiger partial charge >= 0.3 is 5.97 Å². The largest absolute Gasteiger partial charge is 0.489 e. The van der Waals surface area contributed by atoms with Crippen LogP contribution in [0.5, 0.6) is 5.75 Å². The van der Waals surface area contributed by atoms with E-state index in [2.05, 4.69) is 0 Å². The Morgan fingerprint density at radius 3 is 2.94 bits per heavy atom. The lowest BCUT2D eigenvalue weighted by Crippen LogP contribution is -2.42. The summed E-state index contributed by atoms with van der Waals surface area (Å²) in [5.41, 5.74) is 6.53. The Bertz CT molecular complexity index is 458. The van der Waals surface area contributed by atoms with Crippen LogP contribution < -0.4 is 10.5 Å². The molecule has 3 N–H and O–H groups in total. The van der Waals surface area contributed by atoms with Gasteiger partial charge in [0.1, 0.15) is 17.3 Å². The number of hydrogen-bond acceptors (Lipinski definition) is 3. The van der Waals surface area contributed by atoms with Gasteiger partial charge in [0.25, 0.3) is 0 Å². The highest BCUT2D eigenvalue weighted by Crippen LogP contribution is 2.39. The normalized spacial score (nSPS) is 21.4. The summed E-state index contributed by atoms with van der Waals surface area (Å²) in [6, 6.07) is 5.43. The predicted octanol–water partition coefficient (Wildman–Crippen LogP) is 2.07. The number of benzene rings is 1. The minimum Gasteiger partial charge on any atom is -0.489 e. The predicted molar refractivity (Wildman–Crippen MR) is 65.0 cm³/mol. The molecule has 2 unspecified atom stereocenters. The van der Waals surface area contributed by atoms with Gasteiger partial charge in [0.15, 0.2) is 0 Å².